The fourth-order valence-electron chi connectivity index (χ4n) is 4.65. The number of aryl methyl sites for hydroxylation is 2. The maximum Gasteiger partial charge on any atom is 0.307 e. The second-order valence-corrected chi connectivity index (χ2v) is 11.2. The van der Waals surface area contributed by atoms with Gasteiger partial charge in [0.25, 0.3) is 5.91 Å². The summed E-state index contributed by atoms with van der Waals surface area (Å²) >= 11 is 3.45. The average molecular weight is 704 g/mol. The van der Waals surface area contributed by atoms with E-state index in [0.717, 1.165) is 17.1 Å². The van der Waals surface area contributed by atoms with Crippen LogP contribution in [-0.2, 0) is 11.4 Å². The van der Waals surface area contributed by atoms with Gasteiger partial charge >= 0.3 is 5.91 Å². The van der Waals surface area contributed by atoms with Crippen LogP contribution in [0.15, 0.2) is 98.9 Å². The molecule has 5 aromatic rings. The lowest BCUT2D eigenvalue weighted by Gasteiger charge is -2.14. The van der Waals surface area contributed by atoms with Gasteiger partial charge in [-0.2, -0.15) is 5.10 Å². The van der Waals surface area contributed by atoms with Crippen LogP contribution in [-0.4, -0.2) is 35.8 Å². The Morgan fingerprint density at radius 3 is 2.36 bits per heavy atom. The van der Waals surface area contributed by atoms with Crippen molar-refractivity contribution in [2.24, 2.45) is 5.10 Å². The first kappa shape index (κ1) is 33.0. The number of hydrogen-bond acceptors (Lipinski definition) is 7. The van der Waals surface area contributed by atoms with Crippen LogP contribution in [0.5, 0.6) is 17.2 Å². The van der Waals surface area contributed by atoms with E-state index in [-0.39, 0.29) is 19.0 Å². The number of ether oxygens (including phenoxy) is 3. The van der Waals surface area contributed by atoms with Crippen LogP contribution in [0.3, 0.4) is 0 Å². The maximum absolute atomic E-state index is 13.1. The summed E-state index contributed by atoms with van der Waals surface area (Å²) in [5, 5.41) is 6.67. The second kappa shape index (κ2) is 15.3. The number of carbonyl (C=O) groups excluding carboxylic acids is 2. The van der Waals surface area contributed by atoms with Crippen molar-refractivity contribution < 1.29 is 32.6 Å². The molecular formula is C35H32BrFN4O6. The summed E-state index contributed by atoms with van der Waals surface area (Å²) in [6, 6.07) is 23.9. The van der Waals surface area contributed by atoms with Gasteiger partial charge in [-0.1, -0.05) is 0 Å². The van der Waals surface area contributed by atoms with Gasteiger partial charge in [0.1, 0.15) is 23.9 Å². The third-order valence-corrected chi connectivity index (χ3v) is 7.41. The first-order chi connectivity index (χ1) is 22.7. The molecule has 0 aliphatic heterocycles. The van der Waals surface area contributed by atoms with Crippen molar-refractivity contribution in [2.45, 2.75) is 27.4 Å². The number of anilines is 1. The standard InChI is InChI=1S/C35H32BrFN4O6/c1-4-44-32-18-24(17-30(36)34(32)46-21-33(42)39-26-9-7-25(37)8-10-26)19-38-40-35(43)31-16-15-29(47-31)20-45-28-13-11-27(12-14-28)41-22(2)5-6-23(41)3/h5-19H,4,20-21H2,1-3H3,(H,39,42)(H,40,43)/b38-19+. The Kier molecular flexibility index (Phi) is 10.7. The predicted octanol–water partition coefficient (Wildman–Crippen LogP) is 7.35. The molecule has 2 heterocycles. The zero-order chi connectivity index (χ0) is 33.3. The Morgan fingerprint density at radius 2 is 1.66 bits per heavy atom. The van der Waals surface area contributed by atoms with E-state index in [1.165, 1.54) is 30.5 Å². The third kappa shape index (κ3) is 8.67. The molecule has 0 fully saturated rings. The molecule has 2 N–H and O–H groups in total. The van der Waals surface area contributed by atoms with Crippen molar-refractivity contribution in [1.82, 2.24) is 9.99 Å². The number of nitrogens with one attached hydrogen (secondary N) is 2. The topological polar surface area (TPSA) is 116 Å². The van der Waals surface area contributed by atoms with Gasteiger partial charge in [-0.25, -0.2) is 9.82 Å². The number of benzene rings is 3. The van der Waals surface area contributed by atoms with Crippen LogP contribution in [0.25, 0.3) is 5.69 Å². The van der Waals surface area contributed by atoms with Crippen LogP contribution in [0.2, 0.25) is 0 Å². The fourth-order valence-corrected chi connectivity index (χ4v) is 5.23. The van der Waals surface area contributed by atoms with Crippen molar-refractivity contribution in [3.63, 3.8) is 0 Å². The van der Waals surface area contributed by atoms with E-state index in [1.54, 1.807) is 24.3 Å². The predicted molar refractivity (Wildman–Crippen MR) is 179 cm³/mol. The Labute approximate surface area is 279 Å². The summed E-state index contributed by atoms with van der Waals surface area (Å²) in [5.41, 5.74) is 6.82. The Hall–Kier alpha value is -5.36. The summed E-state index contributed by atoms with van der Waals surface area (Å²) < 4.78 is 38.7. The van der Waals surface area contributed by atoms with Gasteiger partial charge in [0, 0.05) is 22.8 Å². The highest BCUT2D eigenvalue weighted by molar-refractivity contribution is 9.10. The molecule has 12 heteroatoms. The molecule has 2 aromatic heterocycles. The Morgan fingerprint density at radius 1 is 0.936 bits per heavy atom. The van der Waals surface area contributed by atoms with E-state index < -0.39 is 17.6 Å². The molecule has 0 saturated carbocycles. The molecule has 0 unspecified atom stereocenters. The summed E-state index contributed by atoms with van der Waals surface area (Å²) in [6.45, 7) is 6.10. The number of hydrogen-bond donors (Lipinski definition) is 2. The van der Waals surface area contributed by atoms with Crippen molar-refractivity contribution in [3.8, 4) is 22.9 Å². The summed E-state index contributed by atoms with van der Waals surface area (Å²) in [6.07, 6.45) is 1.43. The van der Waals surface area contributed by atoms with E-state index in [1.807, 2.05) is 31.2 Å². The number of halogens is 2. The third-order valence-electron chi connectivity index (χ3n) is 6.82. The molecule has 3 aromatic carbocycles. The molecular weight excluding hydrogens is 671 g/mol. The highest BCUT2D eigenvalue weighted by atomic mass is 79.9. The molecule has 10 nitrogen and oxygen atoms in total. The SMILES string of the molecule is CCOc1cc(/C=N/NC(=O)c2ccc(COc3ccc(-n4c(C)ccc4C)cc3)o2)cc(Br)c1OCC(=O)Nc1ccc(F)cc1. The summed E-state index contributed by atoms with van der Waals surface area (Å²) in [4.78, 5) is 25.0. The second-order valence-electron chi connectivity index (χ2n) is 10.3. The number of amides is 2. The van der Waals surface area contributed by atoms with Crippen LogP contribution in [0.4, 0.5) is 10.1 Å². The van der Waals surface area contributed by atoms with E-state index >= 15 is 0 Å². The van der Waals surface area contributed by atoms with Crippen LogP contribution >= 0.6 is 15.9 Å². The van der Waals surface area contributed by atoms with Crippen LogP contribution in [0, 0.1) is 19.7 Å². The largest absolute Gasteiger partial charge is 0.490 e. The zero-order valence-electron chi connectivity index (χ0n) is 25.9. The number of hydrazone groups is 1. The van der Waals surface area contributed by atoms with Gasteiger partial charge in [0.2, 0.25) is 0 Å². The van der Waals surface area contributed by atoms with Gasteiger partial charge in [0.05, 0.1) is 17.3 Å². The quantitative estimate of drug-likeness (QED) is 0.0979. The minimum absolute atomic E-state index is 0.0773. The van der Waals surface area contributed by atoms with Crippen molar-refractivity contribution in [1.29, 1.82) is 0 Å². The first-order valence-corrected chi connectivity index (χ1v) is 15.4. The summed E-state index contributed by atoms with van der Waals surface area (Å²) in [7, 11) is 0. The number of furan rings is 1. The van der Waals surface area contributed by atoms with E-state index in [9.17, 15) is 14.0 Å². The number of rotatable bonds is 13. The molecule has 0 aliphatic rings. The van der Waals surface area contributed by atoms with E-state index in [2.05, 4.69) is 62.3 Å². The first-order valence-electron chi connectivity index (χ1n) is 14.6. The molecule has 242 valence electrons. The van der Waals surface area contributed by atoms with Crippen LogP contribution in [0.1, 0.15) is 40.2 Å². The minimum atomic E-state index is -0.537. The number of nitrogens with zero attached hydrogens (tertiary/aromatic N) is 2. The smallest absolute Gasteiger partial charge is 0.307 e. The maximum atomic E-state index is 13.1. The highest BCUT2D eigenvalue weighted by Gasteiger charge is 2.15. The minimum Gasteiger partial charge on any atom is -0.490 e. The summed E-state index contributed by atoms with van der Waals surface area (Å²) in [5.74, 6) is 0.538. The lowest BCUT2D eigenvalue weighted by atomic mass is 10.2. The normalized spacial score (nSPS) is 11.0. The van der Waals surface area contributed by atoms with Gasteiger partial charge in [0.15, 0.2) is 23.9 Å². The highest BCUT2D eigenvalue weighted by Crippen LogP contribution is 2.36. The number of carbonyl (C=O) groups is 2. The monoisotopic (exact) mass is 702 g/mol. The van der Waals surface area contributed by atoms with Gasteiger partial charge in [-0.3, -0.25) is 9.59 Å². The molecule has 0 radical (unpaired) electrons. The van der Waals surface area contributed by atoms with Gasteiger partial charge < -0.3 is 28.5 Å². The van der Waals surface area contributed by atoms with Crippen molar-refractivity contribution in [3.05, 3.63) is 124 Å². The van der Waals surface area contributed by atoms with Gasteiger partial charge in [-0.15, -0.1) is 0 Å². The lowest BCUT2D eigenvalue weighted by molar-refractivity contribution is -0.118. The van der Waals surface area contributed by atoms with E-state index in [0.29, 0.717) is 45.3 Å². The van der Waals surface area contributed by atoms with Gasteiger partial charge in [-0.05, 0) is 127 Å². The molecule has 0 bridgehead atoms. The average Bonchev–Trinajstić information content (AvgIpc) is 3.67. The molecule has 47 heavy (non-hydrogen) atoms. The molecule has 0 spiro atoms. The van der Waals surface area contributed by atoms with Crippen molar-refractivity contribution in [2.75, 3.05) is 18.5 Å². The van der Waals surface area contributed by atoms with E-state index in [4.69, 9.17) is 18.6 Å². The zero-order valence-corrected chi connectivity index (χ0v) is 27.5. The lowest BCUT2D eigenvalue weighted by Crippen LogP contribution is -2.20. The fraction of sp³-hybridized carbons (Fsp3) is 0.171. The Bertz CT molecular complexity index is 1860. The molecule has 5 rings (SSSR count). The molecule has 2 amide bonds. The Balaban J connectivity index is 1.13. The molecule has 0 saturated heterocycles. The molecule has 0 atom stereocenters. The van der Waals surface area contributed by atoms with Crippen LogP contribution < -0.4 is 25.0 Å². The number of aromatic nitrogens is 1. The van der Waals surface area contributed by atoms with Crippen molar-refractivity contribution >= 4 is 39.6 Å². The molecule has 0 aliphatic carbocycles.